The van der Waals surface area contributed by atoms with E-state index >= 15 is 0 Å². The molecular formula is C18H27N3O3S. The minimum absolute atomic E-state index is 0.189. The maximum absolute atomic E-state index is 12.3. The van der Waals surface area contributed by atoms with Gasteiger partial charge >= 0.3 is 12.0 Å². The van der Waals surface area contributed by atoms with E-state index in [0.717, 1.165) is 43.8 Å². The van der Waals surface area contributed by atoms with Gasteiger partial charge in [0.05, 0.1) is 12.7 Å². The fourth-order valence-electron chi connectivity index (χ4n) is 2.87. The molecule has 2 amide bonds. The van der Waals surface area contributed by atoms with Crippen LogP contribution in [0.1, 0.15) is 28.8 Å². The van der Waals surface area contributed by atoms with Crippen LogP contribution >= 0.6 is 11.8 Å². The predicted octanol–water partition coefficient (Wildman–Crippen LogP) is 2.73. The van der Waals surface area contributed by atoms with Crippen molar-refractivity contribution < 1.29 is 14.3 Å². The van der Waals surface area contributed by atoms with Crippen molar-refractivity contribution in [1.82, 2.24) is 10.2 Å². The molecule has 1 aliphatic rings. The van der Waals surface area contributed by atoms with Gasteiger partial charge in [-0.1, -0.05) is 6.07 Å². The number of amides is 2. The van der Waals surface area contributed by atoms with Crippen LogP contribution in [-0.2, 0) is 4.74 Å². The van der Waals surface area contributed by atoms with Crippen LogP contribution in [0.2, 0.25) is 0 Å². The summed E-state index contributed by atoms with van der Waals surface area (Å²) in [4.78, 5) is 26.4. The van der Waals surface area contributed by atoms with Gasteiger partial charge < -0.3 is 20.3 Å². The van der Waals surface area contributed by atoms with E-state index in [1.54, 1.807) is 18.2 Å². The van der Waals surface area contributed by atoms with Gasteiger partial charge in [-0.2, -0.15) is 11.8 Å². The number of rotatable bonds is 6. The number of hydrogen-bond acceptors (Lipinski definition) is 5. The Labute approximate surface area is 153 Å². The van der Waals surface area contributed by atoms with Crippen molar-refractivity contribution in [3.63, 3.8) is 0 Å². The fourth-order valence-corrected chi connectivity index (χ4v) is 3.31. The minimum Gasteiger partial charge on any atom is -0.465 e. The molecule has 0 spiro atoms. The summed E-state index contributed by atoms with van der Waals surface area (Å²) in [6.07, 6.45) is 4.04. The van der Waals surface area contributed by atoms with Crippen LogP contribution in [0.25, 0.3) is 0 Å². The summed E-state index contributed by atoms with van der Waals surface area (Å²) >= 11 is 1.86. The molecule has 7 heteroatoms. The SMILES string of the molecule is COC(=O)c1ccc(C)c(NC(=O)NC2CCN(CCSC)CC2)c1. The number of ether oxygens (including phenoxy) is 1. The molecule has 1 saturated heterocycles. The monoisotopic (exact) mass is 365 g/mol. The van der Waals surface area contributed by atoms with Gasteiger partial charge in [-0.25, -0.2) is 9.59 Å². The number of methoxy groups -OCH3 is 1. The topological polar surface area (TPSA) is 70.7 Å². The van der Waals surface area contributed by atoms with E-state index in [0.29, 0.717) is 11.3 Å². The first kappa shape index (κ1) is 19.6. The van der Waals surface area contributed by atoms with E-state index in [1.165, 1.54) is 7.11 Å². The number of nitrogens with one attached hydrogen (secondary N) is 2. The summed E-state index contributed by atoms with van der Waals surface area (Å²) in [7, 11) is 1.34. The molecule has 2 rings (SSSR count). The highest BCUT2D eigenvalue weighted by Gasteiger charge is 2.20. The normalized spacial score (nSPS) is 15.6. The van der Waals surface area contributed by atoms with Crippen molar-refractivity contribution in [2.75, 3.05) is 44.1 Å². The van der Waals surface area contributed by atoms with Gasteiger partial charge in [-0.15, -0.1) is 0 Å². The van der Waals surface area contributed by atoms with Crippen LogP contribution in [0.15, 0.2) is 18.2 Å². The number of piperidine rings is 1. The highest BCUT2D eigenvalue weighted by Crippen LogP contribution is 2.18. The zero-order valence-corrected chi connectivity index (χ0v) is 15.9. The molecule has 0 aliphatic carbocycles. The van der Waals surface area contributed by atoms with E-state index in [2.05, 4.69) is 21.8 Å². The summed E-state index contributed by atoms with van der Waals surface area (Å²) in [5.41, 5.74) is 1.94. The third kappa shape index (κ3) is 5.93. The molecule has 0 aromatic heterocycles. The molecule has 0 saturated carbocycles. The maximum Gasteiger partial charge on any atom is 0.337 e. The molecule has 0 unspecified atom stereocenters. The molecule has 0 bridgehead atoms. The maximum atomic E-state index is 12.3. The second-order valence-corrected chi connectivity index (χ2v) is 7.21. The third-order valence-electron chi connectivity index (χ3n) is 4.44. The first-order valence-corrected chi connectivity index (χ1v) is 9.90. The Bertz CT molecular complexity index is 601. The van der Waals surface area contributed by atoms with Crippen molar-refractivity contribution in [1.29, 1.82) is 0 Å². The van der Waals surface area contributed by atoms with Gasteiger partial charge in [0.25, 0.3) is 0 Å². The van der Waals surface area contributed by atoms with E-state index in [1.807, 2.05) is 18.7 Å². The van der Waals surface area contributed by atoms with E-state index in [9.17, 15) is 9.59 Å². The van der Waals surface area contributed by atoms with E-state index < -0.39 is 5.97 Å². The smallest absolute Gasteiger partial charge is 0.337 e. The molecule has 6 nitrogen and oxygen atoms in total. The summed E-state index contributed by atoms with van der Waals surface area (Å²) < 4.78 is 4.72. The molecule has 1 aromatic rings. The quantitative estimate of drug-likeness (QED) is 0.759. The molecule has 1 fully saturated rings. The van der Waals surface area contributed by atoms with Crippen LogP contribution in [0, 0.1) is 6.92 Å². The second-order valence-electron chi connectivity index (χ2n) is 6.23. The largest absolute Gasteiger partial charge is 0.465 e. The van der Waals surface area contributed by atoms with Crippen molar-refractivity contribution >= 4 is 29.4 Å². The van der Waals surface area contributed by atoms with E-state index in [-0.39, 0.29) is 12.1 Å². The molecule has 0 radical (unpaired) electrons. The molecule has 138 valence electrons. The van der Waals surface area contributed by atoms with Crippen molar-refractivity contribution in [3.05, 3.63) is 29.3 Å². The summed E-state index contributed by atoms with van der Waals surface area (Å²) in [5.74, 6) is 0.732. The van der Waals surface area contributed by atoms with Gasteiger partial charge in [0.1, 0.15) is 0 Å². The summed E-state index contributed by atoms with van der Waals surface area (Å²) in [6, 6.07) is 5.09. The number of aryl methyl sites for hydroxylation is 1. The van der Waals surface area contributed by atoms with Crippen molar-refractivity contribution in [2.24, 2.45) is 0 Å². The number of esters is 1. The Hall–Kier alpha value is -1.73. The first-order chi connectivity index (χ1) is 12.0. The van der Waals surface area contributed by atoms with E-state index in [4.69, 9.17) is 4.74 Å². The standard InChI is InChI=1S/C18H27N3O3S/c1-13-4-5-14(17(22)24-2)12-16(13)20-18(23)19-15-6-8-21(9-7-15)10-11-25-3/h4-5,12,15H,6-11H2,1-3H3,(H2,19,20,23). The van der Waals surface area contributed by atoms with Crippen molar-refractivity contribution in [2.45, 2.75) is 25.8 Å². The third-order valence-corrected chi connectivity index (χ3v) is 5.03. The fraction of sp³-hybridized carbons (Fsp3) is 0.556. The van der Waals surface area contributed by atoms with Gasteiger partial charge in [0.15, 0.2) is 0 Å². The second kappa shape index (κ2) is 9.68. The van der Waals surface area contributed by atoms with Crippen LogP contribution in [-0.4, -0.2) is 61.7 Å². The summed E-state index contributed by atoms with van der Waals surface area (Å²) in [5, 5.41) is 5.88. The molecule has 1 heterocycles. The number of thioether (sulfide) groups is 1. The number of carbonyl (C=O) groups is 2. The number of nitrogens with zero attached hydrogens (tertiary/aromatic N) is 1. The van der Waals surface area contributed by atoms with Crippen LogP contribution in [0.5, 0.6) is 0 Å². The van der Waals surface area contributed by atoms with Gasteiger partial charge in [-0.3, -0.25) is 0 Å². The number of hydrogen-bond donors (Lipinski definition) is 2. The number of carbonyl (C=O) groups excluding carboxylic acids is 2. The highest BCUT2D eigenvalue weighted by atomic mass is 32.2. The lowest BCUT2D eigenvalue weighted by atomic mass is 10.1. The molecule has 1 aromatic carbocycles. The molecule has 25 heavy (non-hydrogen) atoms. The Balaban J connectivity index is 1.86. The Morgan fingerprint density at radius 3 is 2.68 bits per heavy atom. The van der Waals surface area contributed by atoms with Crippen LogP contribution < -0.4 is 10.6 Å². The van der Waals surface area contributed by atoms with Gasteiger partial charge in [0, 0.05) is 37.1 Å². The Kier molecular flexibility index (Phi) is 7.58. The first-order valence-electron chi connectivity index (χ1n) is 8.51. The van der Waals surface area contributed by atoms with Crippen LogP contribution in [0.3, 0.4) is 0 Å². The van der Waals surface area contributed by atoms with Gasteiger partial charge in [0.2, 0.25) is 0 Å². The number of anilines is 1. The number of likely N-dealkylation sites (tertiary alicyclic amines) is 1. The zero-order valence-electron chi connectivity index (χ0n) is 15.1. The Morgan fingerprint density at radius 2 is 2.04 bits per heavy atom. The van der Waals surface area contributed by atoms with Crippen LogP contribution in [0.4, 0.5) is 10.5 Å². The number of urea groups is 1. The average molecular weight is 365 g/mol. The van der Waals surface area contributed by atoms with Crippen molar-refractivity contribution in [3.8, 4) is 0 Å². The lowest BCUT2D eigenvalue weighted by Crippen LogP contribution is -2.46. The predicted molar refractivity (Wildman–Crippen MR) is 103 cm³/mol. The molecule has 0 atom stereocenters. The molecular weight excluding hydrogens is 338 g/mol. The minimum atomic E-state index is -0.416. The van der Waals surface area contributed by atoms with Gasteiger partial charge in [-0.05, 0) is 43.7 Å². The number of benzene rings is 1. The Morgan fingerprint density at radius 1 is 1.32 bits per heavy atom. The average Bonchev–Trinajstić information content (AvgIpc) is 2.62. The lowest BCUT2D eigenvalue weighted by Gasteiger charge is -2.32. The highest BCUT2D eigenvalue weighted by molar-refractivity contribution is 7.98. The summed E-state index contributed by atoms with van der Waals surface area (Å²) in [6.45, 7) is 5.03. The molecule has 1 aliphatic heterocycles. The molecule has 2 N–H and O–H groups in total. The lowest BCUT2D eigenvalue weighted by molar-refractivity contribution is 0.0600. The zero-order chi connectivity index (χ0) is 18.2.